The fourth-order valence-corrected chi connectivity index (χ4v) is 6.99. The van der Waals surface area contributed by atoms with Crippen LogP contribution in [-0.2, 0) is 23.4 Å². The fraction of sp³-hybridized carbons (Fsp3) is 0.407. The quantitative estimate of drug-likeness (QED) is 0.154. The van der Waals surface area contributed by atoms with E-state index in [9.17, 15) is 19.6 Å². The molecule has 4 aromatic rings. The summed E-state index contributed by atoms with van der Waals surface area (Å²) in [5.41, 5.74) is 6.74. The highest BCUT2D eigenvalue weighted by molar-refractivity contribution is 7.52. The normalized spacial score (nSPS) is 27.0. The maximum absolute atomic E-state index is 14.0. The number of nitrogens with one attached hydrogen (secondary N) is 1. The molecule has 2 aromatic carbocycles. The van der Waals surface area contributed by atoms with Gasteiger partial charge in [0, 0.05) is 5.39 Å². The van der Waals surface area contributed by atoms with Crippen LogP contribution < -0.4 is 15.3 Å². The molecule has 2 aromatic heterocycles. The van der Waals surface area contributed by atoms with E-state index in [0.717, 1.165) is 5.39 Å². The minimum atomic E-state index is -4.26. The first-order chi connectivity index (χ1) is 20.0. The van der Waals surface area contributed by atoms with E-state index in [-0.39, 0.29) is 18.2 Å². The number of aliphatic hydroxyl groups is 2. The van der Waals surface area contributed by atoms with Gasteiger partial charge < -0.3 is 34.5 Å². The Morgan fingerprint density at radius 1 is 1.26 bits per heavy atom. The minimum Gasteiger partial charge on any atom is -0.465 e. The SMILES string of the molecule is CCOC(=O)[C@H](C)NP(=O)(OC[C@H]1OC2(O)C([C@H]1O)[C@@H]2n1cnc2c(N)nc(C)nc21)Oc1cccc2ccccc12. The Labute approximate surface area is 240 Å². The summed E-state index contributed by atoms with van der Waals surface area (Å²) >= 11 is 0. The van der Waals surface area contributed by atoms with Crippen molar-refractivity contribution in [3.63, 3.8) is 0 Å². The molecule has 3 heterocycles. The number of hydrogen-bond acceptors (Lipinski definition) is 12. The molecule has 0 spiro atoms. The number of carbonyl (C=O) groups is 1. The van der Waals surface area contributed by atoms with Gasteiger partial charge in [0.05, 0.1) is 31.6 Å². The first kappa shape index (κ1) is 28.5. The average Bonchev–Trinajstić information content (AvgIpc) is 3.19. The molecule has 15 heteroatoms. The summed E-state index contributed by atoms with van der Waals surface area (Å²) in [5, 5.41) is 26.5. The molecule has 0 bridgehead atoms. The topological polar surface area (TPSA) is 193 Å². The van der Waals surface area contributed by atoms with Gasteiger partial charge in [-0.25, -0.2) is 19.5 Å². The first-order valence-electron chi connectivity index (χ1n) is 13.5. The summed E-state index contributed by atoms with van der Waals surface area (Å²) in [6.45, 7) is 4.52. The summed E-state index contributed by atoms with van der Waals surface area (Å²) in [5.74, 6) is -2.25. The van der Waals surface area contributed by atoms with Crippen molar-refractivity contribution in [3.8, 4) is 5.75 Å². The van der Waals surface area contributed by atoms with Crippen molar-refractivity contribution in [1.82, 2.24) is 24.6 Å². The minimum absolute atomic E-state index is 0.133. The third-order valence-electron chi connectivity index (χ3n) is 7.45. The van der Waals surface area contributed by atoms with Crippen molar-refractivity contribution in [2.45, 2.75) is 50.8 Å². The largest absolute Gasteiger partial charge is 0.465 e. The number of ether oxygens (including phenoxy) is 2. The molecule has 5 N–H and O–H groups in total. The van der Waals surface area contributed by atoms with Gasteiger partial charge in [-0.3, -0.25) is 9.32 Å². The van der Waals surface area contributed by atoms with E-state index in [2.05, 4.69) is 20.0 Å². The third-order valence-corrected chi connectivity index (χ3v) is 9.08. The summed E-state index contributed by atoms with van der Waals surface area (Å²) < 4.78 is 38.2. The zero-order valence-electron chi connectivity index (χ0n) is 23.1. The standard InChI is InChI=1S/C27H31N6O8P/c1-4-38-26(35)14(2)32-42(37,41-18-11-7-9-16-8-5-6-10-17(16)18)39-12-19-22(34)20-23(27(20,36)40-19)33-13-29-21-24(28)30-15(3)31-25(21)33/h5-11,13-14,19-20,22-23,34,36H,4,12H2,1-3H3,(H,32,37)(H2,28,30,31)/t14-,19+,20?,22-,23-,27?,42?/m0/s1. The van der Waals surface area contributed by atoms with Gasteiger partial charge in [0.2, 0.25) is 0 Å². The summed E-state index contributed by atoms with van der Waals surface area (Å²) in [4.78, 5) is 25.1. The summed E-state index contributed by atoms with van der Waals surface area (Å²) in [6.07, 6.45) is -0.798. The molecule has 14 nitrogen and oxygen atoms in total. The van der Waals surface area contributed by atoms with Crippen molar-refractivity contribution < 1.29 is 38.1 Å². The first-order valence-corrected chi connectivity index (χ1v) is 15.0. The van der Waals surface area contributed by atoms with Crippen LogP contribution in [0, 0.1) is 12.8 Å². The highest BCUT2D eigenvalue weighted by Gasteiger charge is 2.77. The number of imidazole rings is 1. The molecular formula is C27H31N6O8P. The van der Waals surface area contributed by atoms with E-state index in [1.54, 1.807) is 36.6 Å². The number of carbonyl (C=O) groups excluding carboxylic acids is 1. The highest BCUT2D eigenvalue weighted by Crippen LogP contribution is 2.63. The van der Waals surface area contributed by atoms with Gasteiger partial charge in [0.1, 0.15) is 35.3 Å². The Morgan fingerprint density at radius 2 is 2.02 bits per heavy atom. The van der Waals surface area contributed by atoms with Crippen LogP contribution in [-0.4, -0.2) is 73.0 Å². The van der Waals surface area contributed by atoms with Crippen molar-refractivity contribution in [3.05, 3.63) is 54.6 Å². The number of aryl methyl sites for hydroxylation is 1. The number of fused-ring (bicyclic) bond motifs is 3. The van der Waals surface area contributed by atoms with Crippen molar-refractivity contribution in [1.29, 1.82) is 0 Å². The molecule has 2 fully saturated rings. The van der Waals surface area contributed by atoms with E-state index < -0.39 is 56.3 Å². The summed E-state index contributed by atoms with van der Waals surface area (Å²) in [7, 11) is -4.26. The number of aliphatic hydroxyl groups excluding tert-OH is 1. The lowest BCUT2D eigenvalue weighted by Crippen LogP contribution is -2.37. The Bertz CT molecular complexity index is 1710. The van der Waals surface area contributed by atoms with Crippen LogP contribution in [0.15, 0.2) is 48.8 Å². The molecule has 0 amide bonds. The fourth-order valence-electron chi connectivity index (χ4n) is 5.47. The molecule has 2 aliphatic rings. The van der Waals surface area contributed by atoms with Gasteiger partial charge in [-0.2, -0.15) is 5.09 Å². The zero-order chi connectivity index (χ0) is 29.8. The smallest absolute Gasteiger partial charge is 0.459 e. The maximum atomic E-state index is 14.0. The van der Waals surface area contributed by atoms with Crippen LogP contribution in [0.25, 0.3) is 21.9 Å². The number of nitrogens with zero attached hydrogens (tertiary/aromatic N) is 4. The van der Waals surface area contributed by atoms with Crippen molar-refractivity contribution in [2.75, 3.05) is 18.9 Å². The van der Waals surface area contributed by atoms with Gasteiger partial charge in [-0.1, -0.05) is 36.4 Å². The summed E-state index contributed by atoms with van der Waals surface area (Å²) in [6, 6.07) is 10.9. The lowest BCUT2D eigenvalue weighted by Gasteiger charge is -2.26. The maximum Gasteiger partial charge on any atom is 0.459 e. The van der Waals surface area contributed by atoms with Crippen molar-refractivity contribution >= 4 is 41.5 Å². The lowest BCUT2D eigenvalue weighted by atomic mass is 10.1. The highest BCUT2D eigenvalue weighted by atomic mass is 31.2. The molecule has 1 aliphatic heterocycles. The second kappa shape index (κ2) is 10.6. The Hall–Kier alpha value is -3.65. The van der Waals surface area contributed by atoms with Gasteiger partial charge in [-0.15, -0.1) is 0 Å². The average molecular weight is 599 g/mol. The van der Waals surface area contributed by atoms with Gasteiger partial charge in [-0.05, 0) is 32.2 Å². The van der Waals surface area contributed by atoms with E-state index >= 15 is 0 Å². The van der Waals surface area contributed by atoms with E-state index in [4.69, 9.17) is 24.3 Å². The molecule has 6 rings (SSSR count). The van der Waals surface area contributed by atoms with Crippen LogP contribution >= 0.6 is 7.75 Å². The number of hydrogen-bond donors (Lipinski definition) is 4. The molecule has 7 atom stereocenters. The Morgan fingerprint density at radius 3 is 2.76 bits per heavy atom. The van der Waals surface area contributed by atoms with E-state index in [0.29, 0.717) is 22.4 Å². The molecule has 0 radical (unpaired) electrons. The van der Waals surface area contributed by atoms with Crippen LogP contribution in [0.1, 0.15) is 25.7 Å². The Balaban J connectivity index is 1.21. The Kier molecular flexibility index (Phi) is 7.16. The predicted octanol–water partition coefficient (Wildman–Crippen LogP) is 2.23. The van der Waals surface area contributed by atoms with Crippen LogP contribution in [0.5, 0.6) is 5.75 Å². The van der Waals surface area contributed by atoms with E-state index in [1.807, 2.05) is 24.3 Å². The van der Waals surface area contributed by atoms with Gasteiger partial charge in [0.25, 0.3) is 0 Å². The lowest BCUT2D eigenvalue weighted by molar-refractivity contribution is -0.161. The molecule has 42 heavy (non-hydrogen) atoms. The van der Waals surface area contributed by atoms with E-state index in [1.165, 1.54) is 13.3 Å². The van der Waals surface area contributed by atoms with Gasteiger partial charge >= 0.3 is 13.7 Å². The number of aromatic nitrogens is 4. The third kappa shape index (κ3) is 4.89. The van der Waals surface area contributed by atoms with Crippen molar-refractivity contribution in [2.24, 2.45) is 5.92 Å². The zero-order valence-corrected chi connectivity index (χ0v) is 24.0. The second-order valence-electron chi connectivity index (χ2n) is 10.3. The van der Waals surface area contributed by atoms with Gasteiger partial charge in [0.15, 0.2) is 17.3 Å². The molecule has 1 aliphatic carbocycles. The number of nitrogen functional groups attached to an aromatic ring is 1. The number of nitrogens with two attached hydrogens (primary N) is 1. The van der Waals surface area contributed by atoms with Crippen LogP contribution in [0.3, 0.4) is 0 Å². The predicted molar refractivity (Wildman–Crippen MR) is 150 cm³/mol. The number of benzene rings is 2. The molecule has 3 unspecified atom stereocenters. The molecule has 1 saturated carbocycles. The molecule has 1 saturated heterocycles. The number of rotatable bonds is 10. The molecular weight excluding hydrogens is 567 g/mol. The van der Waals surface area contributed by atoms with Crippen LogP contribution in [0.2, 0.25) is 0 Å². The monoisotopic (exact) mass is 598 g/mol. The molecule has 222 valence electrons. The number of anilines is 1. The van der Waals surface area contributed by atoms with Crippen LogP contribution in [0.4, 0.5) is 5.82 Å². The second-order valence-corrected chi connectivity index (χ2v) is 12.0. The number of esters is 1.